The lowest BCUT2D eigenvalue weighted by molar-refractivity contribution is -0.137. The summed E-state index contributed by atoms with van der Waals surface area (Å²) in [6.45, 7) is 3.63. The van der Waals surface area contributed by atoms with E-state index in [2.05, 4.69) is 6.92 Å². The Morgan fingerprint density at radius 1 is 0.969 bits per heavy atom. The normalized spacial score (nSPS) is 15.6. The lowest BCUT2D eigenvalue weighted by Crippen LogP contribution is -2.44. The van der Waals surface area contributed by atoms with Crippen LogP contribution in [0.3, 0.4) is 0 Å². The molecule has 1 aliphatic heterocycles. The van der Waals surface area contributed by atoms with Crippen LogP contribution < -0.4 is 0 Å². The van der Waals surface area contributed by atoms with Gasteiger partial charge in [0.15, 0.2) is 0 Å². The third-order valence-electron chi connectivity index (χ3n) is 5.88. The number of sulfonamides is 1. The molecule has 0 bridgehead atoms. The van der Waals surface area contributed by atoms with Crippen LogP contribution in [-0.4, -0.2) is 43.2 Å². The van der Waals surface area contributed by atoms with E-state index in [0.717, 1.165) is 37.0 Å². The molecule has 1 aliphatic rings. The van der Waals surface area contributed by atoms with E-state index in [1.54, 1.807) is 12.1 Å². The Hall–Kier alpha value is -2.32. The molecule has 0 saturated carbocycles. The summed E-state index contributed by atoms with van der Waals surface area (Å²) in [5, 5.41) is 0. The molecule has 174 valence electrons. The van der Waals surface area contributed by atoms with Crippen molar-refractivity contribution in [3.8, 4) is 0 Å². The third kappa shape index (κ3) is 6.13. The lowest BCUT2D eigenvalue weighted by Gasteiger charge is -2.34. The minimum Gasteiger partial charge on any atom is -0.338 e. The van der Waals surface area contributed by atoms with Crippen molar-refractivity contribution in [1.82, 2.24) is 9.21 Å². The van der Waals surface area contributed by atoms with Gasteiger partial charge in [0.25, 0.3) is 0 Å². The molecular weight excluding hydrogens is 434 g/mol. The molecule has 1 heterocycles. The van der Waals surface area contributed by atoms with Gasteiger partial charge in [-0.15, -0.1) is 0 Å². The van der Waals surface area contributed by atoms with Crippen LogP contribution in [0.15, 0.2) is 53.4 Å². The van der Waals surface area contributed by atoms with Crippen LogP contribution in [0.1, 0.15) is 44.6 Å². The minimum atomic E-state index is -3.71. The highest BCUT2D eigenvalue weighted by Crippen LogP contribution is 2.26. The van der Waals surface area contributed by atoms with E-state index in [1.165, 1.54) is 28.6 Å². The second-order valence-electron chi connectivity index (χ2n) is 8.23. The predicted molar refractivity (Wildman–Crippen MR) is 119 cm³/mol. The monoisotopic (exact) mass is 464 g/mol. The fourth-order valence-corrected chi connectivity index (χ4v) is 5.46. The van der Waals surface area contributed by atoms with Gasteiger partial charge < -0.3 is 4.90 Å². The second-order valence-corrected chi connectivity index (χ2v) is 10.2. The average molecular weight is 465 g/mol. The molecule has 0 aromatic heterocycles. The second kappa shape index (κ2) is 11.0. The van der Waals surface area contributed by atoms with Crippen LogP contribution in [0, 0.1) is 17.6 Å². The van der Waals surface area contributed by atoms with Crippen LogP contribution >= 0.6 is 0 Å². The summed E-state index contributed by atoms with van der Waals surface area (Å²) in [5.41, 5.74) is 0.868. The number of rotatable bonds is 9. The maximum Gasteiger partial charge on any atom is 0.243 e. The first-order chi connectivity index (χ1) is 15.3. The smallest absolute Gasteiger partial charge is 0.243 e. The standard InChI is InChI=1S/C24H30F2N2O3S/c1-2-3-4-15-27(18-19-5-7-21(25)8-6-19)24(29)20-13-16-28(17-14-20)32(30,31)23-11-9-22(26)10-12-23/h5-12,20H,2-4,13-18H2,1H3. The minimum absolute atomic E-state index is 0.0178. The van der Waals surface area contributed by atoms with Gasteiger partial charge in [-0.05, 0) is 61.2 Å². The number of carbonyl (C=O) groups is 1. The number of benzene rings is 2. The molecule has 8 heteroatoms. The van der Waals surface area contributed by atoms with Gasteiger partial charge in [0.05, 0.1) is 4.90 Å². The van der Waals surface area contributed by atoms with Crippen molar-refractivity contribution >= 4 is 15.9 Å². The summed E-state index contributed by atoms with van der Waals surface area (Å²) in [7, 11) is -3.71. The molecule has 0 atom stereocenters. The number of piperidine rings is 1. The number of amides is 1. The Labute approximate surface area is 189 Å². The molecule has 32 heavy (non-hydrogen) atoms. The fourth-order valence-electron chi connectivity index (χ4n) is 3.99. The van der Waals surface area contributed by atoms with Gasteiger partial charge in [-0.1, -0.05) is 31.9 Å². The Balaban J connectivity index is 1.64. The zero-order chi connectivity index (χ0) is 23.1. The highest BCUT2D eigenvalue weighted by Gasteiger charge is 2.33. The van der Waals surface area contributed by atoms with Gasteiger partial charge in [-0.25, -0.2) is 17.2 Å². The van der Waals surface area contributed by atoms with Crippen molar-refractivity contribution in [2.45, 2.75) is 50.5 Å². The molecule has 0 N–H and O–H groups in total. The van der Waals surface area contributed by atoms with Crippen LogP contribution in [0.25, 0.3) is 0 Å². The fraction of sp³-hybridized carbons (Fsp3) is 0.458. The van der Waals surface area contributed by atoms with Crippen LogP contribution in [0.5, 0.6) is 0 Å². The third-order valence-corrected chi connectivity index (χ3v) is 7.80. The summed E-state index contributed by atoms with van der Waals surface area (Å²) in [6, 6.07) is 11.0. The maximum absolute atomic E-state index is 13.3. The van der Waals surface area contributed by atoms with Crippen molar-refractivity contribution in [2.75, 3.05) is 19.6 Å². The largest absolute Gasteiger partial charge is 0.338 e. The van der Waals surface area contributed by atoms with E-state index < -0.39 is 15.8 Å². The molecule has 2 aromatic rings. The van der Waals surface area contributed by atoms with Crippen LogP contribution in [0.4, 0.5) is 8.78 Å². The van der Waals surface area contributed by atoms with Crippen LogP contribution in [-0.2, 0) is 21.4 Å². The Morgan fingerprint density at radius 2 is 1.53 bits per heavy atom. The highest BCUT2D eigenvalue weighted by molar-refractivity contribution is 7.89. The van der Waals surface area contributed by atoms with E-state index in [4.69, 9.17) is 0 Å². The van der Waals surface area contributed by atoms with Gasteiger partial charge in [0.2, 0.25) is 15.9 Å². The zero-order valence-corrected chi connectivity index (χ0v) is 19.2. The van der Waals surface area contributed by atoms with Crippen molar-refractivity contribution in [1.29, 1.82) is 0 Å². The average Bonchev–Trinajstić information content (AvgIpc) is 2.80. The summed E-state index contributed by atoms with van der Waals surface area (Å²) in [4.78, 5) is 15.1. The first kappa shape index (κ1) is 24.3. The molecule has 1 fully saturated rings. The molecular formula is C24H30F2N2O3S. The molecule has 3 rings (SSSR count). The Morgan fingerprint density at radius 3 is 2.09 bits per heavy atom. The number of halogens is 2. The van der Waals surface area contributed by atoms with Crippen molar-refractivity contribution in [3.05, 3.63) is 65.7 Å². The van der Waals surface area contributed by atoms with Crippen molar-refractivity contribution in [2.24, 2.45) is 5.92 Å². The zero-order valence-electron chi connectivity index (χ0n) is 18.3. The molecule has 1 amide bonds. The number of hydrogen-bond donors (Lipinski definition) is 0. The summed E-state index contributed by atoms with van der Waals surface area (Å²) >= 11 is 0. The van der Waals surface area contributed by atoms with E-state index in [1.807, 2.05) is 4.90 Å². The Kier molecular flexibility index (Phi) is 8.37. The molecule has 5 nitrogen and oxygen atoms in total. The molecule has 0 unspecified atom stereocenters. The van der Waals surface area contributed by atoms with Gasteiger partial charge in [-0.2, -0.15) is 4.31 Å². The molecule has 0 aliphatic carbocycles. The maximum atomic E-state index is 13.3. The van der Waals surface area contributed by atoms with Gasteiger partial charge in [-0.3, -0.25) is 4.79 Å². The number of nitrogens with zero attached hydrogens (tertiary/aromatic N) is 2. The Bertz CT molecular complexity index is 987. The summed E-state index contributed by atoms with van der Waals surface area (Å²) in [6.07, 6.45) is 3.82. The van der Waals surface area contributed by atoms with Crippen molar-refractivity contribution < 1.29 is 22.0 Å². The predicted octanol–water partition coefficient (Wildman–Crippen LogP) is 4.58. The van der Waals surface area contributed by atoms with E-state index in [9.17, 15) is 22.0 Å². The van der Waals surface area contributed by atoms with Crippen molar-refractivity contribution in [3.63, 3.8) is 0 Å². The summed E-state index contributed by atoms with van der Waals surface area (Å²) in [5.74, 6) is -1.04. The first-order valence-corrected chi connectivity index (χ1v) is 12.5. The van der Waals surface area contributed by atoms with E-state index >= 15 is 0 Å². The van der Waals surface area contributed by atoms with Gasteiger partial charge >= 0.3 is 0 Å². The topological polar surface area (TPSA) is 57.7 Å². The van der Waals surface area contributed by atoms with E-state index in [0.29, 0.717) is 25.9 Å². The van der Waals surface area contributed by atoms with Gasteiger partial charge in [0.1, 0.15) is 11.6 Å². The molecule has 2 aromatic carbocycles. The quantitative estimate of drug-likeness (QED) is 0.510. The van der Waals surface area contributed by atoms with Crippen LogP contribution in [0.2, 0.25) is 0 Å². The number of unbranched alkanes of at least 4 members (excludes halogenated alkanes) is 2. The SMILES string of the molecule is CCCCCN(Cc1ccc(F)cc1)C(=O)C1CCN(S(=O)(=O)c2ccc(F)cc2)CC1. The van der Waals surface area contributed by atoms with Gasteiger partial charge in [0, 0.05) is 32.1 Å². The molecule has 0 radical (unpaired) electrons. The molecule has 0 spiro atoms. The molecule has 1 saturated heterocycles. The number of carbonyl (C=O) groups excluding carboxylic acids is 1. The summed E-state index contributed by atoms with van der Waals surface area (Å²) < 4.78 is 53.4. The first-order valence-electron chi connectivity index (χ1n) is 11.1. The number of hydrogen-bond acceptors (Lipinski definition) is 3. The lowest BCUT2D eigenvalue weighted by atomic mass is 9.96. The van der Waals surface area contributed by atoms with E-state index in [-0.39, 0.29) is 35.6 Å². The highest BCUT2D eigenvalue weighted by atomic mass is 32.2.